The van der Waals surface area contributed by atoms with E-state index in [0.717, 1.165) is 6.54 Å². The average molecular weight is 229 g/mol. The molecule has 1 aliphatic heterocycles. The topological polar surface area (TPSA) is 29.3 Å². The molecule has 1 atom stereocenters. The van der Waals surface area contributed by atoms with Gasteiger partial charge in [0, 0.05) is 5.69 Å². The first-order valence-electron chi connectivity index (χ1n) is 6.44. The molecule has 2 aromatic rings. The van der Waals surface area contributed by atoms with Gasteiger partial charge >= 0.3 is 0 Å². The van der Waals surface area contributed by atoms with Crippen LogP contribution in [0.15, 0.2) is 18.2 Å². The summed E-state index contributed by atoms with van der Waals surface area (Å²) in [6.07, 6.45) is 3.81. The van der Waals surface area contributed by atoms with Gasteiger partial charge in [-0.05, 0) is 57.0 Å². The maximum Gasteiger partial charge on any atom is 0.0804 e. The van der Waals surface area contributed by atoms with Crippen molar-refractivity contribution in [1.29, 1.82) is 0 Å². The molecule has 3 rings (SSSR count). The van der Waals surface area contributed by atoms with Gasteiger partial charge in [0.05, 0.1) is 17.3 Å². The highest BCUT2D eigenvalue weighted by molar-refractivity contribution is 5.51. The van der Waals surface area contributed by atoms with Gasteiger partial charge in [0.15, 0.2) is 0 Å². The second kappa shape index (κ2) is 4.15. The van der Waals surface area contributed by atoms with Crippen LogP contribution in [0, 0.1) is 13.8 Å². The van der Waals surface area contributed by atoms with Gasteiger partial charge < -0.3 is 5.32 Å². The van der Waals surface area contributed by atoms with Crippen molar-refractivity contribution in [2.45, 2.75) is 39.2 Å². The van der Waals surface area contributed by atoms with E-state index in [9.17, 15) is 0 Å². The largest absolute Gasteiger partial charge is 0.309 e. The maximum absolute atomic E-state index is 4.73. The third kappa shape index (κ3) is 1.95. The Morgan fingerprint density at radius 1 is 1.24 bits per heavy atom. The number of piperidine rings is 1. The van der Waals surface area contributed by atoms with E-state index in [1.807, 2.05) is 0 Å². The zero-order chi connectivity index (χ0) is 11.8. The van der Waals surface area contributed by atoms with Crippen LogP contribution in [0.2, 0.25) is 0 Å². The number of fused-ring (bicyclic) bond motifs is 1. The first kappa shape index (κ1) is 10.8. The highest BCUT2D eigenvalue weighted by Gasteiger charge is 2.17. The number of nitrogens with zero attached hydrogens (tertiary/aromatic N) is 2. The van der Waals surface area contributed by atoms with E-state index in [1.54, 1.807) is 0 Å². The molecule has 2 aromatic heterocycles. The molecule has 0 aromatic carbocycles. The Morgan fingerprint density at radius 2 is 2.12 bits per heavy atom. The fourth-order valence-corrected chi connectivity index (χ4v) is 2.74. The number of pyridine rings is 1. The van der Waals surface area contributed by atoms with Gasteiger partial charge in [0.2, 0.25) is 0 Å². The average Bonchev–Trinajstić information content (AvgIpc) is 2.74. The van der Waals surface area contributed by atoms with Crippen molar-refractivity contribution in [2.24, 2.45) is 0 Å². The van der Waals surface area contributed by atoms with Gasteiger partial charge in [-0.15, -0.1) is 0 Å². The monoisotopic (exact) mass is 229 g/mol. The summed E-state index contributed by atoms with van der Waals surface area (Å²) in [7, 11) is 0. The van der Waals surface area contributed by atoms with Crippen LogP contribution in [0.4, 0.5) is 0 Å². The van der Waals surface area contributed by atoms with Crippen LogP contribution in [-0.4, -0.2) is 16.2 Å². The van der Waals surface area contributed by atoms with Crippen LogP contribution >= 0.6 is 0 Å². The minimum absolute atomic E-state index is 0.448. The molecule has 0 amide bonds. The molecule has 1 aliphatic rings. The number of rotatable bonds is 1. The van der Waals surface area contributed by atoms with Crippen molar-refractivity contribution in [2.75, 3.05) is 6.54 Å². The smallest absolute Gasteiger partial charge is 0.0804 e. The zero-order valence-electron chi connectivity index (χ0n) is 10.5. The summed E-state index contributed by atoms with van der Waals surface area (Å²) in [6.45, 7) is 5.38. The summed E-state index contributed by atoms with van der Waals surface area (Å²) < 4.78 is 2.05. The van der Waals surface area contributed by atoms with Crippen LogP contribution in [0.1, 0.15) is 42.3 Å². The predicted octanol–water partition coefficient (Wildman–Crippen LogP) is 2.77. The van der Waals surface area contributed by atoms with Gasteiger partial charge in [-0.25, -0.2) is 4.52 Å². The Bertz CT molecular complexity index is 536. The lowest BCUT2D eigenvalue weighted by Gasteiger charge is -2.21. The van der Waals surface area contributed by atoms with Crippen molar-refractivity contribution in [1.82, 2.24) is 14.9 Å². The highest BCUT2D eigenvalue weighted by atomic mass is 15.2. The lowest BCUT2D eigenvalue weighted by molar-refractivity contribution is 0.404. The molecule has 1 fully saturated rings. The Morgan fingerprint density at radius 3 is 2.88 bits per heavy atom. The Kier molecular flexibility index (Phi) is 2.63. The van der Waals surface area contributed by atoms with Crippen molar-refractivity contribution >= 4 is 5.52 Å². The molecule has 0 saturated carbocycles. The normalized spacial score (nSPS) is 20.9. The first-order chi connectivity index (χ1) is 8.24. The Hall–Kier alpha value is -1.35. The van der Waals surface area contributed by atoms with Crippen LogP contribution < -0.4 is 5.32 Å². The van der Waals surface area contributed by atoms with Crippen molar-refractivity contribution in [3.05, 3.63) is 35.2 Å². The minimum Gasteiger partial charge on any atom is -0.309 e. The van der Waals surface area contributed by atoms with Gasteiger partial charge in [-0.3, -0.25) is 0 Å². The molecular weight excluding hydrogens is 210 g/mol. The van der Waals surface area contributed by atoms with Crippen LogP contribution in [-0.2, 0) is 0 Å². The Labute approximate surface area is 102 Å². The van der Waals surface area contributed by atoms with Gasteiger partial charge in [0.1, 0.15) is 0 Å². The van der Waals surface area contributed by atoms with Crippen LogP contribution in [0.5, 0.6) is 0 Å². The molecule has 17 heavy (non-hydrogen) atoms. The molecule has 0 radical (unpaired) electrons. The molecule has 0 aliphatic carbocycles. The van der Waals surface area contributed by atoms with E-state index in [2.05, 4.69) is 41.9 Å². The van der Waals surface area contributed by atoms with E-state index in [0.29, 0.717) is 6.04 Å². The summed E-state index contributed by atoms with van der Waals surface area (Å²) in [4.78, 5) is 0. The number of hydrogen-bond donors (Lipinski definition) is 1. The standard InChI is InChI=1S/C14H19N3/c1-10-7-11(2)17-12(8-10)9-14(16-17)13-5-3-4-6-15-13/h7-9,13,15H,3-6H2,1-2H3/t13-/m0/s1. The molecule has 0 unspecified atom stereocenters. The second-order valence-corrected chi connectivity index (χ2v) is 5.08. The van der Waals surface area contributed by atoms with E-state index in [-0.39, 0.29) is 0 Å². The third-order valence-electron chi connectivity index (χ3n) is 3.57. The first-order valence-corrected chi connectivity index (χ1v) is 6.44. The third-order valence-corrected chi connectivity index (χ3v) is 3.57. The molecule has 3 nitrogen and oxygen atoms in total. The van der Waals surface area contributed by atoms with E-state index in [4.69, 9.17) is 5.10 Å². The molecule has 3 heteroatoms. The lowest BCUT2D eigenvalue weighted by Crippen LogP contribution is -2.27. The Balaban J connectivity index is 2.03. The van der Waals surface area contributed by atoms with Gasteiger partial charge in [0.25, 0.3) is 0 Å². The van der Waals surface area contributed by atoms with Crippen molar-refractivity contribution in [3.63, 3.8) is 0 Å². The van der Waals surface area contributed by atoms with E-state index >= 15 is 0 Å². The van der Waals surface area contributed by atoms with Crippen molar-refractivity contribution < 1.29 is 0 Å². The minimum atomic E-state index is 0.448. The highest BCUT2D eigenvalue weighted by Crippen LogP contribution is 2.23. The molecule has 1 saturated heterocycles. The van der Waals surface area contributed by atoms with Crippen LogP contribution in [0.25, 0.3) is 5.52 Å². The molecular formula is C14H19N3. The predicted molar refractivity (Wildman–Crippen MR) is 69.3 cm³/mol. The van der Waals surface area contributed by atoms with Gasteiger partial charge in [-0.2, -0.15) is 5.10 Å². The molecule has 0 bridgehead atoms. The number of nitrogens with one attached hydrogen (secondary N) is 1. The fraction of sp³-hybridized carbons (Fsp3) is 0.500. The van der Waals surface area contributed by atoms with Gasteiger partial charge in [-0.1, -0.05) is 6.42 Å². The van der Waals surface area contributed by atoms with Crippen LogP contribution in [0.3, 0.4) is 0 Å². The number of aryl methyl sites for hydroxylation is 2. The molecule has 0 spiro atoms. The lowest BCUT2D eigenvalue weighted by atomic mass is 10.0. The summed E-state index contributed by atoms with van der Waals surface area (Å²) >= 11 is 0. The SMILES string of the molecule is Cc1cc(C)n2nc([C@@H]3CCCCN3)cc2c1. The summed E-state index contributed by atoms with van der Waals surface area (Å²) in [5.41, 5.74) is 4.92. The second-order valence-electron chi connectivity index (χ2n) is 5.08. The maximum atomic E-state index is 4.73. The summed E-state index contributed by atoms with van der Waals surface area (Å²) in [5.74, 6) is 0. The van der Waals surface area contributed by atoms with E-state index in [1.165, 1.54) is 41.7 Å². The molecule has 90 valence electrons. The molecule has 3 heterocycles. The number of hydrogen-bond acceptors (Lipinski definition) is 2. The zero-order valence-corrected chi connectivity index (χ0v) is 10.5. The summed E-state index contributed by atoms with van der Waals surface area (Å²) in [6, 6.07) is 7.05. The molecule has 1 N–H and O–H groups in total. The van der Waals surface area contributed by atoms with Crippen molar-refractivity contribution in [3.8, 4) is 0 Å². The van der Waals surface area contributed by atoms with E-state index < -0.39 is 0 Å². The fourth-order valence-electron chi connectivity index (χ4n) is 2.74. The quantitative estimate of drug-likeness (QED) is 0.814. The number of aromatic nitrogens is 2. The summed E-state index contributed by atoms with van der Waals surface area (Å²) in [5, 5.41) is 8.29.